The number of fused-ring (bicyclic) bond motifs is 1. The van der Waals surface area contributed by atoms with Gasteiger partial charge in [0.05, 0.1) is 5.02 Å². The van der Waals surface area contributed by atoms with E-state index in [9.17, 15) is 19.1 Å². The van der Waals surface area contributed by atoms with E-state index in [1.165, 1.54) is 17.0 Å². The predicted octanol–water partition coefficient (Wildman–Crippen LogP) is 5.45. The van der Waals surface area contributed by atoms with Crippen LogP contribution in [0.3, 0.4) is 0 Å². The van der Waals surface area contributed by atoms with Crippen LogP contribution < -0.4 is 4.74 Å². The van der Waals surface area contributed by atoms with Crippen LogP contribution in [0.1, 0.15) is 39.5 Å². The van der Waals surface area contributed by atoms with E-state index >= 15 is 0 Å². The first-order chi connectivity index (χ1) is 16.1. The summed E-state index contributed by atoms with van der Waals surface area (Å²) in [6, 6.07) is 17.5. The number of hydrogen-bond donors (Lipinski definition) is 1. The SMILES string of the molecule is Cc1ccc(CN(CC(=O)O)C(=O)c2ccc3c(c2)C[C@](C)(Cc2ccc(Cl)c(F)c2)O3)cc1. The van der Waals surface area contributed by atoms with Gasteiger partial charge in [-0.1, -0.05) is 47.5 Å². The molecule has 1 N–H and O–H groups in total. The predicted molar refractivity (Wildman–Crippen MR) is 128 cm³/mol. The van der Waals surface area contributed by atoms with E-state index < -0.39 is 23.9 Å². The summed E-state index contributed by atoms with van der Waals surface area (Å²) in [6.07, 6.45) is 1.00. The zero-order chi connectivity index (χ0) is 24.5. The largest absolute Gasteiger partial charge is 0.487 e. The summed E-state index contributed by atoms with van der Waals surface area (Å²) in [5, 5.41) is 9.43. The van der Waals surface area contributed by atoms with Crippen LogP contribution in [0.2, 0.25) is 5.02 Å². The van der Waals surface area contributed by atoms with Gasteiger partial charge in [0.2, 0.25) is 0 Å². The van der Waals surface area contributed by atoms with Gasteiger partial charge < -0.3 is 14.7 Å². The molecule has 7 heteroatoms. The molecule has 0 spiro atoms. The van der Waals surface area contributed by atoms with Crippen molar-refractivity contribution in [1.29, 1.82) is 0 Å². The molecule has 0 saturated heterocycles. The quantitative estimate of drug-likeness (QED) is 0.487. The van der Waals surface area contributed by atoms with Gasteiger partial charge in [0.1, 0.15) is 23.7 Å². The Kier molecular flexibility index (Phi) is 6.62. The number of carbonyl (C=O) groups is 2. The fourth-order valence-electron chi connectivity index (χ4n) is 4.29. The lowest BCUT2D eigenvalue weighted by Gasteiger charge is -2.24. The van der Waals surface area contributed by atoms with Gasteiger partial charge >= 0.3 is 5.97 Å². The smallest absolute Gasteiger partial charge is 0.323 e. The lowest BCUT2D eigenvalue weighted by atomic mass is 9.91. The molecule has 4 rings (SSSR count). The Labute approximate surface area is 202 Å². The Morgan fingerprint density at radius 3 is 2.47 bits per heavy atom. The van der Waals surface area contributed by atoms with E-state index in [0.29, 0.717) is 24.2 Å². The molecule has 1 heterocycles. The normalized spacial score (nSPS) is 16.6. The van der Waals surface area contributed by atoms with Crippen LogP contribution in [0, 0.1) is 12.7 Å². The van der Waals surface area contributed by atoms with Gasteiger partial charge in [-0.25, -0.2) is 4.39 Å². The first kappa shape index (κ1) is 23.8. The molecule has 1 aliphatic heterocycles. The molecule has 0 radical (unpaired) electrons. The van der Waals surface area contributed by atoms with E-state index in [1.54, 1.807) is 24.3 Å². The van der Waals surface area contributed by atoms with Crippen molar-refractivity contribution < 1.29 is 23.8 Å². The lowest BCUT2D eigenvalue weighted by molar-refractivity contribution is -0.137. The van der Waals surface area contributed by atoms with Gasteiger partial charge in [0.15, 0.2) is 0 Å². The summed E-state index contributed by atoms with van der Waals surface area (Å²) < 4.78 is 20.0. The van der Waals surface area contributed by atoms with Gasteiger partial charge in [-0.2, -0.15) is 0 Å². The highest BCUT2D eigenvalue weighted by Gasteiger charge is 2.36. The number of amides is 1. The highest BCUT2D eigenvalue weighted by molar-refractivity contribution is 6.30. The molecule has 0 aliphatic carbocycles. The minimum Gasteiger partial charge on any atom is -0.487 e. The van der Waals surface area contributed by atoms with Crippen LogP contribution in [0.4, 0.5) is 4.39 Å². The molecule has 176 valence electrons. The summed E-state index contributed by atoms with van der Waals surface area (Å²) in [7, 11) is 0. The second-order valence-electron chi connectivity index (χ2n) is 9.02. The number of halogens is 2. The maximum absolute atomic E-state index is 13.9. The van der Waals surface area contributed by atoms with E-state index in [2.05, 4.69) is 0 Å². The Morgan fingerprint density at radius 2 is 1.79 bits per heavy atom. The van der Waals surface area contributed by atoms with Gasteiger partial charge in [0.25, 0.3) is 5.91 Å². The van der Waals surface area contributed by atoms with Crippen LogP contribution in [0.5, 0.6) is 5.75 Å². The first-order valence-corrected chi connectivity index (χ1v) is 11.3. The zero-order valence-corrected chi connectivity index (χ0v) is 19.7. The third kappa shape index (κ3) is 5.39. The van der Waals surface area contributed by atoms with Gasteiger partial charge in [0, 0.05) is 24.9 Å². The monoisotopic (exact) mass is 481 g/mol. The standard InChI is InChI=1S/C27H25ClFNO4/c1-17-3-5-18(6-4-17)15-30(16-25(31)32)26(33)20-8-10-24-21(12-20)14-27(2,34-24)13-19-7-9-22(28)23(29)11-19/h3-12H,13-16H2,1-2H3,(H,31,32)/t27-/m0/s1. The molecule has 0 fully saturated rings. The van der Waals surface area contributed by atoms with Crippen LogP contribution in [-0.4, -0.2) is 34.0 Å². The van der Waals surface area contributed by atoms with Gasteiger partial charge in [-0.3, -0.25) is 9.59 Å². The molecule has 34 heavy (non-hydrogen) atoms. The summed E-state index contributed by atoms with van der Waals surface area (Å²) in [4.78, 5) is 26.0. The van der Waals surface area contributed by atoms with E-state index in [1.807, 2.05) is 38.1 Å². The zero-order valence-electron chi connectivity index (χ0n) is 19.0. The van der Waals surface area contributed by atoms with E-state index in [-0.39, 0.29) is 17.5 Å². The highest BCUT2D eigenvalue weighted by atomic mass is 35.5. The molecule has 3 aromatic rings. The Hall–Kier alpha value is -3.38. The highest BCUT2D eigenvalue weighted by Crippen LogP contribution is 2.38. The summed E-state index contributed by atoms with van der Waals surface area (Å²) in [5.41, 5.74) is 3.35. The average Bonchev–Trinajstić information content (AvgIpc) is 3.11. The van der Waals surface area contributed by atoms with E-state index in [4.69, 9.17) is 16.3 Å². The van der Waals surface area contributed by atoms with Crippen molar-refractivity contribution in [3.05, 3.63) is 99.3 Å². The molecule has 1 aliphatic rings. The molecule has 0 unspecified atom stereocenters. The summed E-state index contributed by atoms with van der Waals surface area (Å²) >= 11 is 5.79. The number of ether oxygens (including phenoxy) is 1. The second-order valence-corrected chi connectivity index (χ2v) is 9.42. The number of carboxylic acid groups (broad SMARTS) is 1. The van der Waals surface area contributed by atoms with Crippen molar-refractivity contribution in [2.75, 3.05) is 6.54 Å². The van der Waals surface area contributed by atoms with Gasteiger partial charge in [-0.05, 0) is 60.9 Å². The number of hydrogen-bond acceptors (Lipinski definition) is 3. The van der Waals surface area contributed by atoms with E-state index in [0.717, 1.165) is 22.3 Å². The molecular formula is C27H25ClFNO4. The maximum atomic E-state index is 13.9. The third-order valence-corrected chi connectivity index (χ3v) is 6.20. The molecule has 3 aromatic carbocycles. The van der Waals surface area contributed by atoms with Crippen LogP contribution >= 0.6 is 11.6 Å². The summed E-state index contributed by atoms with van der Waals surface area (Å²) in [6.45, 7) is 3.70. The molecular weight excluding hydrogens is 457 g/mol. The Bertz CT molecular complexity index is 1240. The number of benzene rings is 3. The number of carbonyl (C=O) groups excluding carboxylic acids is 1. The van der Waals surface area contributed by atoms with Crippen molar-refractivity contribution >= 4 is 23.5 Å². The molecule has 0 aromatic heterocycles. The molecule has 0 bridgehead atoms. The first-order valence-electron chi connectivity index (χ1n) is 10.9. The topological polar surface area (TPSA) is 66.8 Å². The van der Waals surface area contributed by atoms with Crippen LogP contribution in [0.15, 0.2) is 60.7 Å². The van der Waals surface area contributed by atoms with Crippen molar-refractivity contribution in [3.8, 4) is 5.75 Å². The fraction of sp³-hybridized carbons (Fsp3) is 0.259. The molecule has 1 amide bonds. The number of aliphatic carboxylic acids is 1. The molecule has 5 nitrogen and oxygen atoms in total. The Balaban J connectivity index is 1.52. The molecule has 1 atom stereocenters. The van der Waals surface area contributed by atoms with Gasteiger partial charge in [-0.15, -0.1) is 0 Å². The summed E-state index contributed by atoms with van der Waals surface area (Å²) in [5.74, 6) is -1.25. The number of rotatable bonds is 7. The number of nitrogens with zero attached hydrogens (tertiary/aromatic N) is 1. The van der Waals surface area contributed by atoms with Crippen molar-refractivity contribution in [2.45, 2.75) is 38.8 Å². The van der Waals surface area contributed by atoms with Crippen molar-refractivity contribution in [2.24, 2.45) is 0 Å². The number of aryl methyl sites for hydroxylation is 1. The third-order valence-electron chi connectivity index (χ3n) is 5.90. The second kappa shape index (κ2) is 9.47. The maximum Gasteiger partial charge on any atom is 0.323 e. The fourth-order valence-corrected chi connectivity index (χ4v) is 4.41. The molecule has 0 saturated carbocycles. The van der Waals surface area contributed by atoms with Crippen molar-refractivity contribution in [3.63, 3.8) is 0 Å². The number of carboxylic acids is 1. The minimum absolute atomic E-state index is 0.0734. The van der Waals surface area contributed by atoms with Crippen LogP contribution in [-0.2, 0) is 24.2 Å². The lowest BCUT2D eigenvalue weighted by Crippen LogP contribution is -2.35. The minimum atomic E-state index is -1.08. The van der Waals surface area contributed by atoms with Crippen LogP contribution in [0.25, 0.3) is 0 Å². The average molecular weight is 482 g/mol. The Morgan fingerprint density at radius 1 is 1.09 bits per heavy atom. The van der Waals surface area contributed by atoms with Crippen molar-refractivity contribution in [1.82, 2.24) is 4.90 Å².